The lowest BCUT2D eigenvalue weighted by Gasteiger charge is -2.10. The summed E-state index contributed by atoms with van der Waals surface area (Å²) in [6, 6.07) is 9.60. The molecule has 0 saturated carbocycles. The lowest BCUT2D eigenvalue weighted by atomic mass is 10.2. The van der Waals surface area contributed by atoms with Crippen molar-refractivity contribution in [1.29, 1.82) is 0 Å². The number of carbonyl (C=O) groups is 1. The molecule has 0 fully saturated rings. The second-order valence-corrected chi connectivity index (χ2v) is 4.96. The van der Waals surface area contributed by atoms with Gasteiger partial charge in [-0.25, -0.2) is 4.39 Å². The molecule has 5 heteroatoms. The molecule has 0 bridgehead atoms. The zero-order valence-corrected chi connectivity index (χ0v) is 12.3. The van der Waals surface area contributed by atoms with E-state index in [0.717, 1.165) is 4.47 Å². The fraction of sp³-hybridized carbons (Fsp3) is 0.133. The van der Waals surface area contributed by atoms with Crippen LogP contribution in [0.2, 0.25) is 0 Å². The summed E-state index contributed by atoms with van der Waals surface area (Å²) in [6.07, 6.45) is 0.699. The van der Waals surface area contributed by atoms with Gasteiger partial charge < -0.3 is 9.47 Å². The van der Waals surface area contributed by atoms with Crippen LogP contribution in [-0.4, -0.2) is 13.4 Å². The van der Waals surface area contributed by atoms with Gasteiger partial charge in [0.05, 0.1) is 12.7 Å². The summed E-state index contributed by atoms with van der Waals surface area (Å²) in [5.74, 6) is 0.455. The molecule has 2 aromatic rings. The van der Waals surface area contributed by atoms with E-state index in [4.69, 9.17) is 9.47 Å². The highest BCUT2D eigenvalue weighted by Crippen LogP contribution is 2.24. The van der Waals surface area contributed by atoms with Crippen LogP contribution < -0.4 is 9.47 Å². The fourth-order valence-corrected chi connectivity index (χ4v) is 2.05. The summed E-state index contributed by atoms with van der Waals surface area (Å²) in [6.45, 7) is 0.0400. The standard InChI is InChI=1S/C15H12BrFO3/c1-19-13-4-2-10(14(17)7-13)9-20-15-5-3-12(16)6-11(15)8-18/h2-8H,9H2,1H3. The Balaban J connectivity index is 2.14. The van der Waals surface area contributed by atoms with Crippen LogP contribution in [0.4, 0.5) is 4.39 Å². The van der Waals surface area contributed by atoms with Crippen molar-refractivity contribution in [3.8, 4) is 11.5 Å². The Kier molecular flexibility index (Phi) is 4.74. The van der Waals surface area contributed by atoms with E-state index in [1.807, 2.05) is 0 Å². The van der Waals surface area contributed by atoms with Crippen LogP contribution in [0.25, 0.3) is 0 Å². The maximum atomic E-state index is 13.7. The van der Waals surface area contributed by atoms with Gasteiger partial charge in [0.15, 0.2) is 6.29 Å². The van der Waals surface area contributed by atoms with Crippen molar-refractivity contribution in [2.24, 2.45) is 0 Å². The van der Waals surface area contributed by atoms with E-state index >= 15 is 0 Å². The molecule has 0 saturated heterocycles. The Morgan fingerprint density at radius 2 is 2.05 bits per heavy atom. The number of rotatable bonds is 5. The molecule has 0 aliphatic rings. The van der Waals surface area contributed by atoms with Crippen LogP contribution in [0.1, 0.15) is 15.9 Å². The quantitative estimate of drug-likeness (QED) is 0.773. The van der Waals surface area contributed by atoms with Gasteiger partial charge >= 0.3 is 0 Å². The van der Waals surface area contributed by atoms with Gasteiger partial charge in [0.25, 0.3) is 0 Å². The first kappa shape index (κ1) is 14.5. The highest BCUT2D eigenvalue weighted by atomic mass is 79.9. The molecule has 0 spiro atoms. The number of methoxy groups -OCH3 is 1. The zero-order chi connectivity index (χ0) is 14.5. The summed E-state index contributed by atoms with van der Waals surface area (Å²) in [4.78, 5) is 10.9. The van der Waals surface area contributed by atoms with Gasteiger partial charge in [-0.2, -0.15) is 0 Å². The predicted octanol–water partition coefficient (Wildman–Crippen LogP) is 3.99. The molecule has 0 atom stereocenters. The van der Waals surface area contributed by atoms with Crippen LogP contribution in [0.3, 0.4) is 0 Å². The third-order valence-corrected chi connectivity index (χ3v) is 3.24. The maximum absolute atomic E-state index is 13.7. The van der Waals surface area contributed by atoms with Gasteiger partial charge in [-0.3, -0.25) is 4.79 Å². The van der Waals surface area contributed by atoms with Crippen molar-refractivity contribution < 1.29 is 18.7 Å². The summed E-state index contributed by atoms with van der Waals surface area (Å²) in [7, 11) is 1.48. The maximum Gasteiger partial charge on any atom is 0.153 e. The van der Waals surface area contributed by atoms with Crippen LogP contribution in [0, 0.1) is 5.82 Å². The van der Waals surface area contributed by atoms with Crippen molar-refractivity contribution in [2.45, 2.75) is 6.61 Å². The van der Waals surface area contributed by atoms with Crippen molar-refractivity contribution in [1.82, 2.24) is 0 Å². The third-order valence-electron chi connectivity index (χ3n) is 2.74. The van der Waals surface area contributed by atoms with E-state index in [-0.39, 0.29) is 6.61 Å². The van der Waals surface area contributed by atoms with E-state index in [1.165, 1.54) is 13.2 Å². The third kappa shape index (κ3) is 3.36. The molecule has 0 N–H and O–H groups in total. The Morgan fingerprint density at radius 3 is 2.70 bits per heavy atom. The average molecular weight is 339 g/mol. The Hall–Kier alpha value is -1.88. The molecule has 0 aliphatic heterocycles. The van der Waals surface area contributed by atoms with Crippen molar-refractivity contribution in [2.75, 3.05) is 7.11 Å². The molecule has 0 aromatic heterocycles. The topological polar surface area (TPSA) is 35.5 Å². The van der Waals surface area contributed by atoms with Crippen LogP contribution >= 0.6 is 15.9 Å². The molecular weight excluding hydrogens is 327 g/mol. The second-order valence-electron chi connectivity index (χ2n) is 4.05. The molecule has 0 heterocycles. The monoisotopic (exact) mass is 338 g/mol. The highest BCUT2D eigenvalue weighted by Gasteiger charge is 2.08. The van der Waals surface area contributed by atoms with E-state index in [9.17, 15) is 9.18 Å². The molecule has 2 rings (SSSR count). The molecule has 0 aliphatic carbocycles. The number of benzene rings is 2. The highest BCUT2D eigenvalue weighted by molar-refractivity contribution is 9.10. The lowest BCUT2D eigenvalue weighted by Crippen LogP contribution is -2.01. The van der Waals surface area contributed by atoms with Gasteiger partial charge in [-0.1, -0.05) is 15.9 Å². The zero-order valence-electron chi connectivity index (χ0n) is 10.7. The number of aldehydes is 1. The van der Waals surface area contributed by atoms with E-state index in [1.54, 1.807) is 30.3 Å². The predicted molar refractivity (Wildman–Crippen MR) is 76.8 cm³/mol. The molecule has 0 radical (unpaired) electrons. The number of halogens is 2. The molecular formula is C15H12BrFO3. The second kappa shape index (κ2) is 6.52. The van der Waals surface area contributed by atoms with Gasteiger partial charge in [0.2, 0.25) is 0 Å². The summed E-state index contributed by atoms with van der Waals surface area (Å²) < 4.78 is 25.0. The van der Waals surface area contributed by atoms with Crippen molar-refractivity contribution >= 4 is 22.2 Å². The van der Waals surface area contributed by atoms with Gasteiger partial charge in [0.1, 0.15) is 23.9 Å². The van der Waals surface area contributed by atoms with E-state index in [2.05, 4.69) is 15.9 Å². The number of hydrogen-bond acceptors (Lipinski definition) is 3. The summed E-state index contributed by atoms with van der Waals surface area (Å²) in [5.41, 5.74) is 0.805. The normalized spacial score (nSPS) is 10.2. The first-order chi connectivity index (χ1) is 9.63. The smallest absolute Gasteiger partial charge is 0.153 e. The number of carbonyl (C=O) groups excluding carboxylic acids is 1. The fourth-order valence-electron chi connectivity index (χ4n) is 1.67. The molecule has 2 aromatic carbocycles. The van der Waals surface area contributed by atoms with E-state index in [0.29, 0.717) is 28.9 Å². The largest absolute Gasteiger partial charge is 0.497 e. The molecule has 0 unspecified atom stereocenters. The molecule has 3 nitrogen and oxygen atoms in total. The summed E-state index contributed by atoms with van der Waals surface area (Å²) in [5, 5.41) is 0. The summed E-state index contributed by atoms with van der Waals surface area (Å²) >= 11 is 3.27. The Bertz CT molecular complexity index is 629. The molecule has 20 heavy (non-hydrogen) atoms. The van der Waals surface area contributed by atoms with Crippen molar-refractivity contribution in [3.63, 3.8) is 0 Å². The molecule has 104 valence electrons. The van der Waals surface area contributed by atoms with E-state index < -0.39 is 5.82 Å². The minimum Gasteiger partial charge on any atom is -0.497 e. The Morgan fingerprint density at radius 1 is 1.25 bits per heavy atom. The number of ether oxygens (including phenoxy) is 2. The van der Waals surface area contributed by atoms with Crippen molar-refractivity contribution in [3.05, 3.63) is 57.8 Å². The minimum absolute atomic E-state index is 0.0400. The number of hydrogen-bond donors (Lipinski definition) is 0. The Labute approximate surface area is 124 Å². The lowest BCUT2D eigenvalue weighted by molar-refractivity contribution is 0.111. The first-order valence-electron chi connectivity index (χ1n) is 5.84. The first-order valence-corrected chi connectivity index (χ1v) is 6.63. The SMILES string of the molecule is COc1ccc(COc2ccc(Br)cc2C=O)c(F)c1. The molecule has 0 amide bonds. The average Bonchev–Trinajstić information content (AvgIpc) is 2.46. The van der Waals surface area contributed by atoms with Gasteiger partial charge in [0, 0.05) is 16.1 Å². The van der Waals surface area contributed by atoms with Crippen LogP contribution in [0.5, 0.6) is 11.5 Å². The van der Waals surface area contributed by atoms with Crippen LogP contribution in [0.15, 0.2) is 40.9 Å². The van der Waals surface area contributed by atoms with Gasteiger partial charge in [-0.05, 0) is 30.3 Å². The van der Waals surface area contributed by atoms with Gasteiger partial charge in [-0.15, -0.1) is 0 Å². The van der Waals surface area contributed by atoms with Crippen LogP contribution in [-0.2, 0) is 6.61 Å². The minimum atomic E-state index is -0.408.